The quantitative estimate of drug-likeness (QED) is 0.612. The zero-order valence-electron chi connectivity index (χ0n) is 7.08. The van der Waals surface area contributed by atoms with Crippen LogP contribution in [0.3, 0.4) is 0 Å². The standard InChI is InChI=1S/C4H7NO.C4H7N.ClH/c6-4-2-1-3-5-4;1-2-4-5-3-1;/h1-3H2,(H,5,6);3H,1-2,4H2;1H. The Hall–Kier alpha value is -0.570. The molecule has 4 heteroatoms. The molecular weight excluding hydrogens is 176 g/mol. The second-order valence-electron chi connectivity index (χ2n) is 2.68. The van der Waals surface area contributed by atoms with Crippen LogP contribution in [0.4, 0.5) is 0 Å². The fraction of sp³-hybridized carbons (Fsp3) is 0.750. The molecule has 2 aliphatic rings. The average molecular weight is 191 g/mol. The highest BCUT2D eigenvalue weighted by Crippen LogP contribution is 1.93. The van der Waals surface area contributed by atoms with Crippen LogP contribution < -0.4 is 5.32 Å². The number of amides is 1. The van der Waals surface area contributed by atoms with Crippen molar-refractivity contribution in [2.75, 3.05) is 13.1 Å². The van der Waals surface area contributed by atoms with Gasteiger partial charge in [-0.1, -0.05) is 0 Å². The first-order valence-electron chi connectivity index (χ1n) is 4.14. The van der Waals surface area contributed by atoms with Gasteiger partial charge in [0.15, 0.2) is 0 Å². The van der Waals surface area contributed by atoms with Gasteiger partial charge in [0.2, 0.25) is 5.91 Å². The molecule has 0 aliphatic carbocycles. The van der Waals surface area contributed by atoms with Crippen LogP contribution in [0.25, 0.3) is 0 Å². The summed E-state index contributed by atoms with van der Waals surface area (Å²) in [5, 5.41) is 2.68. The van der Waals surface area contributed by atoms with Gasteiger partial charge in [-0.25, -0.2) is 0 Å². The Morgan fingerprint density at radius 3 is 2.42 bits per heavy atom. The molecule has 1 fully saturated rings. The van der Waals surface area contributed by atoms with E-state index in [0.717, 1.165) is 25.9 Å². The first-order valence-corrected chi connectivity index (χ1v) is 4.14. The van der Waals surface area contributed by atoms with E-state index >= 15 is 0 Å². The number of carbonyl (C=O) groups excluding carboxylic acids is 1. The van der Waals surface area contributed by atoms with Crippen LogP contribution in [0, 0.1) is 0 Å². The molecule has 0 unspecified atom stereocenters. The third kappa shape index (κ3) is 5.13. The smallest absolute Gasteiger partial charge is 0.220 e. The monoisotopic (exact) mass is 190 g/mol. The van der Waals surface area contributed by atoms with Crippen LogP contribution in [0.15, 0.2) is 4.99 Å². The molecule has 2 rings (SSSR count). The lowest BCUT2D eigenvalue weighted by Crippen LogP contribution is -2.12. The minimum atomic E-state index is 0. The highest BCUT2D eigenvalue weighted by molar-refractivity contribution is 5.85. The predicted octanol–water partition coefficient (Wildman–Crippen LogP) is 1.17. The lowest BCUT2D eigenvalue weighted by molar-refractivity contribution is -0.119. The maximum atomic E-state index is 10.1. The summed E-state index contributed by atoms with van der Waals surface area (Å²) in [5.74, 6) is 0.204. The zero-order valence-corrected chi connectivity index (χ0v) is 7.90. The van der Waals surface area contributed by atoms with Crippen molar-refractivity contribution in [3.63, 3.8) is 0 Å². The van der Waals surface area contributed by atoms with Crippen LogP contribution in [0.5, 0.6) is 0 Å². The van der Waals surface area contributed by atoms with E-state index in [9.17, 15) is 4.79 Å². The Kier molecular flexibility index (Phi) is 6.76. The summed E-state index contributed by atoms with van der Waals surface area (Å²) < 4.78 is 0. The molecule has 12 heavy (non-hydrogen) atoms. The van der Waals surface area contributed by atoms with Crippen molar-refractivity contribution in [1.82, 2.24) is 5.32 Å². The minimum Gasteiger partial charge on any atom is -0.356 e. The van der Waals surface area contributed by atoms with Gasteiger partial charge >= 0.3 is 0 Å². The highest BCUT2D eigenvalue weighted by atomic mass is 35.5. The molecule has 2 heterocycles. The number of aliphatic imine (C=N–C) groups is 1. The number of rotatable bonds is 0. The molecule has 1 amide bonds. The maximum absolute atomic E-state index is 10.1. The molecule has 0 saturated carbocycles. The van der Waals surface area contributed by atoms with Crippen LogP contribution in [-0.2, 0) is 4.79 Å². The van der Waals surface area contributed by atoms with Crippen molar-refractivity contribution in [3.05, 3.63) is 0 Å². The fourth-order valence-electron chi connectivity index (χ4n) is 1.02. The van der Waals surface area contributed by atoms with Crippen LogP contribution in [0.1, 0.15) is 25.7 Å². The number of nitrogens with one attached hydrogen (secondary N) is 1. The lowest BCUT2D eigenvalue weighted by Gasteiger charge is -1.80. The number of halogens is 1. The summed E-state index contributed by atoms with van der Waals surface area (Å²) in [7, 11) is 0. The molecular formula is C8H15ClN2O. The van der Waals surface area contributed by atoms with E-state index in [1.54, 1.807) is 0 Å². The summed E-state index contributed by atoms with van der Waals surface area (Å²) in [6.07, 6.45) is 6.23. The van der Waals surface area contributed by atoms with Crippen molar-refractivity contribution >= 4 is 24.5 Å². The summed E-state index contributed by atoms with van der Waals surface area (Å²) >= 11 is 0. The third-order valence-electron chi connectivity index (χ3n) is 1.65. The van der Waals surface area contributed by atoms with Gasteiger partial charge in [0.1, 0.15) is 0 Å². The van der Waals surface area contributed by atoms with E-state index in [-0.39, 0.29) is 18.3 Å². The van der Waals surface area contributed by atoms with E-state index < -0.39 is 0 Å². The molecule has 0 atom stereocenters. The summed E-state index contributed by atoms with van der Waals surface area (Å²) in [4.78, 5) is 14.1. The molecule has 70 valence electrons. The SMILES string of the molecule is C1=NCCC1.Cl.O=C1CCCN1. The average Bonchev–Trinajstić information content (AvgIpc) is 2.57. The Labute approximate surface area is 79.0 Å². The molecule has 0 aromatic heterocycles. The van der Waals surface area contributed by atoms with E-state index in [4.69, 9.17) is 0 Å². The highest BCUT2D eigenvalue weighted by Gasteiger charge is 2.05. The number of nitrogens with zero attached hydrogens (tertiary/aromatic N) is 1. The Morgan fingerprint density at radius 2 is 2.25 bits per heavy atom. The molecule has 2 aliphatic heterocycles. The number of hydrogen-bond donors (Lipinski definition) is 1. The number of hydrogen-bond acceptors (Lipinski definition) is 2. The number of carbonyl (C=O) groups is 1. The minimum absolute atomic E-state index is 0. The molecule has 0 aromatic rings. The molecule has 0 aromatic carbocycles. The molecule has 3 nitrogen and oxygen atoms in total. The molecule has 1 saturated heterocycles. The largest absolute Gasteiger partial charge is 0.356 e. The molecule has 0 radical (unpaired) electrons. The van der Waals surface area contributed by atoms with E-state index in [1.807, 2.05) is 6.21 Å². The molecule has 0 bridgehead atoms. The van der Waals surface area contributed by atoms with Crippen LogP contribution >= 0.6 is 12.4 Å². The van der Waals surface area contributed by atoms with Crippen LogP contribution in [0.2, 0.25) is 0 Å². The lowest BCUT2D eigenvalue weighted by atomic mass is 10.4. The van der Waals surface area contributed by atoms with Gasteiger partial charge in [0.05, 0.1) is 0 Å². The summed E-state index contributed by atoms with van der Waals surface area (Å²) in [6.45, 7) is 1.96. The zero-order chi connectivity index (χ0) is 7.94. The normalized spacial score (nSPS) is 19.2. The van der Waals surface area contributed by atoms with Crippen molar-refractivity contribution < 1.29 is 4.79 Å². The summed E-state index contributed by atoms with van der Waals surface area (Å²) in [5.41, 5.74) is 0. The van der Waals surface area contributed by atoms with Crippen molar-refractivity contribution in [1.29, 1.82) is 0 Å². The molecule has 0 spiro atoms. The maximum Gasteiger partial charge on any atom is 0.220 e. The van der Waals surface area contributed by atoms with E-state index in [2.05, 4.69) is 10.3 Å². The Bertz CT molecular complexity index is 145. The Morgan fingerprint density at radius 1 is 1.42 bits per heavy atom. The first kappa shape index (κ1) is 11.4. The van der Waals surface area contributed by atoms with Crippen molar-refractivity contribution in [2.45, 2.75) is 25.7 Å². The topological polar surface area (TPSA) is 41.5 Å². The second-order valence-corrected chi connectivity index (χ2v) is 2.68. The van der Waals surface area contributed by atoms with Gasteiger partial charge in [-0.2, -0.15) is 0 Å². The summed E-state index contributed by atoms with van der Waals surface area (Å²) in [6, 6.07) is 0. The third-order valence-corrected chi connectivity index (χ3v) is 1.65. The van der Waals surface area contributed by atoms with Gasteiger partial charge in [0, 0.05) is 19.5 Å². The van der Waals surface area contributed by atoms with E-state index in [0.29, 0.717) is 0 Å². The van der Waals surface area contributed by atoms with Crippen molar-refractivity contribution in [3.8, 4) is 0 Å². The van der Waals surface area contributed by atoms with Gasteiger partial charge in [0.25, 0.3) is 0 Å². The van der Waals surface area contributed by atoms with Gasteiger partial charge in [-0.05, 0) is 25.5 Å². The van der Waals surface area contributed by atoms with Crippen molar-refractivity contribution in [2.24, 2.45) is 4.99 Å². The second kappa shape index (κ2) is 7.10. The van der Waals surface area contributed by atoms with Crippen LogP contribution in [-0.4, -0.2) is 25.2 Å². The predicted molar refractivity (Wildman–Crippen MR) is 52.1 cm³/mol. The van der Waals surface area contributed by atoms with Gasteiger partial charge < -0.3 is 5.32 Å². The fourth-order valence-corrected chi connectivity index (χ4v) is 1.02. The first-order chi connectivity index (χ1) is 5.39. The van der Waals surface area contributed by atoms with Gasteiger partial charge in [-0.3, -0.25) is 9.79 Å². The Balaban J connectivity index is 0.000000189. The van der Waals surface area contributed by atoms with E-state index in [1.165, 1.54) is 12.8 Å². The molecule has 1 N–H and O–H groups in total. The van der Waals surface area contributed by atoms with Gasteiger partial charge in [-0.15, -0.1) is 12.4 Å².